The van der Waals surface area contributed by atoms with Gasteiger partial charge in [0.05, 0.1) is 16.1 Å². The van der Waals surface area contributed by atoms with E-state index in [-0.39, 0.29) is 0 Å². The molecule has 2 nitrogen and oxygen atoms in total. The number of aromatic nitrogens is 1. The van der Waals surface area contributed by atoms with Gasteiger partial charge in [-0.05, 0) is 13.3 Å². The van der Waals surface area contributed by atoms with E-state index >= 15 is 0 Å². The fourth-order valence-electron chi connectivity index (χ4n) is 1.43. The summed E-state index contributed by atoms with van der Waals surface area (Å²) in [6.07, 6.45) is 1.21. The Morgan fingerprint density at radius 1 is 1.69 bits per heavy atom. The Hall–Kier alpha value is -0.0600. The van der Waals surface area contributed by atoms with Crippen LogP contribution in [0.3, 0.4) is 0 Å². The zero-order valence-corrected chi connectivity index (χ0v) is 9.54. The van der Waals surface area contributed by atoms with E-state index in [1.807, 2.05) is 11.8 Å². The lowest BCUT2D eigenvalue weighted by atomic mass is 10.2. The maximum absolute atomic E-state index is 4.50. The third-order valence-electron chi connectivity index (χ3n) is 2.25. The van der Waals surface area contributed by atoms with Crippen molar-refractivity contribution in [3.63, 3.8) is 0 Å². The quantitative estimate of drug-likeness (QED) is 0.819. The SMILES string of the molecule is CCC1CSC(c2csc(C)n2)N1. The molecule has 0 amide bonds. The van der Waals surface area contributed by atoms with Gasteiger partial charge in [0.25, 0.3) is 0 Å². The van der Waals surface area contributed by atoms with Crippen LogP contribution in [0.4, 0.5) is 0 Å². The second kappa shape index (κ2) is 3.98. The summed E-state index contributed by atoms with van der Waals surface area (Å²) < 4.78 is 0. The van der Waals surface area contributed by atoms with Crippen LogP contribution in [0.5, 0.6) is 0 Å². The summed E-state index contributed by atoms with van der Waals surface area (Å²) in [6.45, 7) is 4.29. The Bertz CT molecular complexity index is 285. The molecule has 1 aliphatic rings. The average Bonchev–Trinajstić information content (AvgIpc) is 2.71. The van der Waals surface area contributed by atoms with E-state index in [2.05, 4.69) is 29.5 Å². The highest BCUT2D eigenvalue weighted by atomic mass is 32.2. The minimum Gasteiger partial charge on any atom is -0.297 e. The lowest BCUT2D eigenvalue weighted by molar-refractivity contribution is 0.556. The zero-order chi connectivity index (χ0) is 9.26. The molecule has 2 heterocycles. The smallest absolute Gasteiger partial charge is 0.0973 e. The first-order valence-electron chi connectivity index (χ1n) is 4.59. The molecule has 0 bridgehead atoms. The molecule has 2 unspecified atom stereocenters. The minimum atomic E-state index is 0.440. The number of nitrogens with one attached hydrogen (secondary N) is 1. The van der Waals surface area contributed by atoms with Crippen LogP contribution in [-0.2, 0) is 0 Å². The van der Waals surface area contributed by atoms with Crippen molar-refractivity contribution in [2.75, 3.05) is 5.75 Å². The van der Waals surface area contributed by atoms with Gasteiger partial charge in [-0.1, -0.05) is 6.92 Å². The molecule has 1 saturated heterocycles. The largest absolute Gasteiger partial charge is 0.297 e. The monoisotopic (exact) mass is 214 g/mol. The molecule has 1 aliphatic heterocycles. The van der Waals surface area contributed by atoms with Crippen molar-refractivity contribution in [2.45, 2.75) is 31.7 Å². The lowest BCUT2D eigenvalue weighted by Crippen LogP contribution is -2.24. The van der Waals surface area contributed by atoms with E-state index in [0.717, 1.165) is 5.01 Å². The van der Waals surface area contributed by atoms with E-state index in [1.54, 1.807) is 11.3 Å². The molecule has 1 N–H and O–H groups in total. The van der Waals surface area contributed by atoms with Crippen molar-refractivity contribution >= 4 is 23.1 Å². The van der Waals surface area contributed by atoms with Gasteiger partial charge < -0.3 is 0 Å². The van der Waals surface area contributed by atoms with Gasteiger partial charge in [0, 0.05) is 17.2 Å². The number of hydrogen-bond donors (Lipinski definition) is 1. The number of aryl methyl sites for hydroxylation is 1. The summed E-state index contributed by atoms with van der Waals surface area (Å²) in [5, 5.41) is 7.35. The molecule has 0 radical (unpaired) electrons. The molecule has 0 aromatic carbocycles. The Morgan fingerprint density at radius 2 is 2.54 bits per heavy atom. The molecule has 2 rings (SSSR count). The second-order valence-electron chi connectivity index (χ2n) is 3.28. The van der Waals surface area contributed by atoms with E-state index in [0.29, 0.717) is 11.4 Å². The highest BCUT2D eigenvalue weighted by molar-refractivity contribution is 7.99. The fourth-order valence-corrected chi connectivity index (χ4v) is 3.49. The predicted molar refractivity (Wildman–Crippen MR) is 59.3 cm³/mol. The van der Waals surface area contributed by atoms with Crippen LogP contribution in [0.2, 0.25) is 0 Å². The molecule has 0 aliphatic carbocycles. The average molecular weight is 214 g/mol. The van der Waals surface area contributed by atoms with Gasteiger partial charge in [-0.2, -0.15) is 0 Å². The normalized spacial score (nSPS) is 28.2. The van der Waals surface area contributed by atoms with Gasteiger partial charge >= 0.3 is 0 Å². The zero-order valence-electron chi connectivity index (χ0n) is 7.91. The molecule has 2 atom stereocenters. The number of nitrogens with zero attached hydrogens (tertiary/aromatic N) is 1. The van der Waals surface area contributed by atoms with E-state index < -0.39 is 0 Å². The van der Waals surface area contributed by atoms with E-state index in [4.69, 9.17) is 0 Å². The molecule has 13 heavy (non-hydrogen) atoms. The summed E-state index contributed by atoms with van der Waals surface area (Å²) in [4.78, 5) is 4.50. The molecular weight excluding hydrogens is 200 g/mol. The van der Waals surface area contributed by atoms with Crippen molar-refractivity contribution in [3.8, 4) is 0 Å². The van der Waals surface area contributed by atoms with Gasteiger partial charge in [0.1, 0.15) is 0 Å². The van der Waals surface area contributed by atoms with Crippen LogP contribution in [0.25, 0.3) is 0 Å². The minimum absolute atomic E-state index is 0.440. The molecule has 0 spiro atoms. The van der Waals surface area contributed by atoms with Crippen molar-refractivity contribution < 1.29 is 0 Å². The summed E-state index contributed by atoms with van der Waals surface area (Å²) in [6, 6.07) is 0.678. The Labute approximate surface area is 87.1 Å². The van der Waals surface area contributed by atoms with Crippen molar-refractivity contribution in [1.82, 2.24) is 10.3 Å². The summed E-state index contributed by atoms with van der Waals surface area (Å²) in [7, 11) is 0. The highest BCUT2D eigenvalue weighted by Gasteiger charge is 2.25. The molecule has 4 heteroatoms. The number of thioether (sulfide) groups is 1. The first-order chi connectivity index (χ1) is 6.29. The number of rotatable bonds is 2. The van der Waals surface area contributed by atoms with Gasteiger partial charge in [-0.25, -0.2) is 4.98 Å². The maximum Gasteiger partial charge on any atom is 0.0973 e. The van der Waals surface area contributed by atoms with E-state index in [9.17, 15) is 0 Å². The molecule has 72 valence electrons. The van der Waals surface area contributed by atoms with Gasteiger partial charge in [-0.3, -0.25) is 5.32 Å². The molecule has 1 aromatic rings. The predicted octanol–water partition coefficient (Wildman–Crippen LogP) is 2.57. The molecule has 0 saturated carbocycles. The molecular formula is C9H14N2S2. The van der Waals surface area contributed by atoms with Crippen LogP contribution in [0.1, 0.15) is 29.4 Å². The van der Waals surface area contributed by atoms with Crippen LogP contribution in [-0.4, -0.2) is 16.8 Å². The first-order valence-corrected chi connectivity index (χ1v) is 6.52. The fraction of sp³-hybridized carbons (Fsp3) is 0.667. The summed E-state index contributed by atoms with van der Waals surface area (Å²) in [5.74, 6) is 1.22. The Balaban J connectivity index is 2.03. The second-order valence-corrected chi connectivity index (χ2v) is 5.48. The van der Waals surface area contributed by atoms with Crippen molar-refractivity contribution in [1.29, 1.82) is 0 Å². The third kappa shape index (κ3) is 2.06. The van der Waals surface area contributed by atoms with Crippen LogP contribution in [0.15, 0.2) is 5.38 Å². The van der Waals surface area contributed by atoms with Crippen LogP contribution < -0.4 is 5.32 Å². The van der Waals surface area contributed by atoms with Crippen molar-refractivity contribution in [3.05, 3.63) is 16.1 Å². The standard InChI is InChI=1S/C9H14N2S2/c1-3-7-4-13-9(11-7)8-5-12-6(2)10-8/h5,7,9,11H,3-4H2,1-2H3. The Kier molecular flexibility index (Phi) is 2.91. The summed E-state index contributed by atoms with van der Waals surface area (Å²) >= 11 is 3.71. The van der Waals surface area contributed by atoms with Gasteiger partial charge in [0.15, 0.2) is 0 Å². The topological polar surface area (TPSA) is 24.9 Å². The maximum atomic E-state index is 4.50. The number of hydrogen-bond acceptors (Lipinski definition) is 4. The van der Waals surface area contributed by atoms with Crippen LogP contribution >= 0.6 is 23.1 Å². The van der Waals surface area contributed by atoms with Gasteiger partial charge in [-0.15, -0.1) is 23.1 Å². The van der Waals surface area contributed by atoms with Gasteiger partial charge in [0.2, 0.25) is 0 Å². The first kappa shape index (κ1) is 9.49. The van der Waals surface area contributed by atoms with Crippen molar-refractivity contribution in [2.24, 2.45) is 0 Å². The van der Waals surface area contributed by atoms with Crippen LogP contribution in [0, 0.1) is 6.92 Å². The lowest BCUT2D eigenvalue weighted by Gasteiger charge is -2.08. The highest BCUT2D eigenvalue weighted by Crippen LogP contribution is 2.33. The number of thiazole rings is 1. The molecule has 1 fully saturated rings. The Morgan fingerprint density at radius 3 is 3.08 bits per heavy atom. The summed E-state index contributed by atoms with van der Waals surface area (Å²) in [5.41, 5.74) is 1.21. The molecule has 1 aromatic heterocycles. The van der Waals surface area contributed by atoms with E-state index in [1.165, 1.54) is 17.9 Å². The third-order valence-corrected chi connectivity index (χ3v) is 4.35.